The Morgan fingerprint density at radius 2 is 2.10 bits per heavy atom. The molecule has 0 spiro atoms. The van der Waals surface area contributed by atoms with Crippen LogP contribution >= 0.6 is 0 Å². The van der Waals surface area contributed by atoms with E-state index in [4.69, 9.17) is 9.47 Å². The van der Waals surface area contributed by atoms with Crippen molar-refractivity contribution in [2.24, 2.45) is 5.92 Å². The SMILES string of the molecule is COC(c1cn(CC2CCCCO2)nn1)c1cc(C#CC2CC2)ccc1C(F)(F)F. The van der Waals surface area contributed by atoms with Crippen molar-refractivity contribution in [1.82, 2.24) is 15.0 Å². The number of halogens is 3. The third kappa shape index (κ3) is 5.02. The van der Waals surface area contributed by atoms with Gasteiger partial charge in [0.05, 0.1) is 24.4 Å². The van der Waals surface area contributed by atoms with Crippen molar-refractivity contribution in [3.63, 3.8) is 0 Å². The molecule has 2 fully saturated rings. The Labute approximate surface area is 173 Å². The van der Waals surface area contributed by atoms with E-state index in [1.165, 1.54) is 19.2 Å². The van der Waals surface area contributed by atoms with Crippen LogP contribution in [0.2, 0.25) is 0 Å². The Morgan fingerprint density at radius 3 is 2.77 bits per heavy atom. The summed E-state index contributed by atoms with van der Waals surface area (Å²) in [5.41, 5.74) is 0.103. The van der Waals surface area contributed by atoms with Crippen LogP contribution in [0.5, 0.6) is 0 Å². The van der Waals surface area contributed by atoms with E-state index < -0.39 is 17.8 Å². The maximum absolute atomic E-state index is 13.7. The summed E-state index contributed by atoms with van der Waals surface area (Å²) >= 11 is 0. The van der Waals surface area contributed by atoms with Gasteiger partial charge in [-0.1, -0.05) is 17.1 Å². The second kappa shape index (κ2) is 8.78. The first-order valence-corrected chi connectivity index (χ1v) is 10.2. The van der Waals surface area contributed by atoms with Gasteiger partial charge in [-0.3, -0.25) is 0 Å². The van der Waals surface area contributed by atoms with Gasteiger partial charge in [-0.15, -0.1) is 5.10 Å². The number of benzene rings is 1. The van der Waals surface area contributed by atoms with Crippen LogP contribution in [0.3, 0.4) is 0 Å². The summed E-state index contributed by atoms with van der Waals surface area (Å²) in [4.78, 5) is 0. The fraction of sp³-hybridized carbons (Fsp3) is 0.545. The first-order valence-electron chi connectivity index (χ1n) is 10.2. The summed E-state index contributed by atoms with van der Waals surface area (Å²) in [5, 5.41) is 8.18. The van der Waals surface area contributed by atoms with Crippen LogP contribution in [0.4, 0.5) is 13.2 Å². The van der Waals surface area contributed by atoms with Crippen LogP contribution in [-0.2, 0) is 22.2 Å². The first kappa shape index (κ1) is 20.9. The molecule has 2 atom stereocenters. The van der Waals surface area contributed by atoms with Crippen molar-refractivity contribution >= 4 is 0 Å². The smallest absolute Gasteiger partial charge is 0.376 e. The van der Waals surface area contributed by atoms with Crippen molar-refractivity contribution in [3.05, 3.63) is 46.8 Å². The normalized spacial score (nSPS) is 20.5. The maximum atomic E-state index is 13.7. The summed E-state index contributed by atoms with van der Waals surface area (Å²) in [6.45, 7) is 1.24. The maximum Gasteiger partial charge on any atom is 0.416 e. The quantitative estimate of drug-likeness (QED) is 0.676. The van der Waals surface area contributed by atoms with Crippen LogP contribution < -0.4 is 0 Å². The summed E-state index contributed by atoms with van der Waals surface area (Å²) in [6.07, 6.45) is 1.34. The van der Waals surface area contributed by atoms with Gasteiger partial charge in [0, 0.05) is 30.8 Å². The predicted molar refractivity (Wildman–Crippen MR) is 104 cm³/mol. The number of ether oxygens (including phenoxy) is 2. The van der Waals surface area contributed by atoms with E-state index in [9.17, 15) is 13.2 Å². The van der Waals surface area contributed by atoms with Gasteiger partial charge >= 0.3 is 6.18 Å². The molecule has 0 amide bonds. The Kier molecular flexibility index (Phi) is 6.11. The number of hydrogen-bond donors (Lipinski definition) is 0. The van der Waals surface area contributed by atoms with E-state index >= 15 is 0 Å². The Bertz CT molecular complexity index is 935. The molecule has 1 saturated carbocycles. The highest BCUT2D eigenvalue weighted by Gasteiger charge is 2.36. The third-order valence-electron chi connectivity index (χ3n) is 5.36. The van der Waals surface area contributed by atoms with Crippen molar-refractivity contribution in [2.45, 2.75) is 57.0 Å². The molecular weight excluding hydrogens is 395 g/mol. The molecule has 1 aromatic carbocycles. The number of nitrogens with zero attached hydrogens (tertiary/aromatic N) is 3. The van der Waals surface area contributed by atoms with Crippen LogP contribution in [0.25, 0.3) is 0 Å². The van der Waals surface area contributed by atoms with E-state index in [-0.39, 0.29) is 11.7 Å². The average Bonchev–Trinajstić information content (AvgIpc) is 3.45. The molecule has 30 heavy (non-hydrogen) atoms. The Balaban J connectivity index is 1.62. The van der Waals surface area contributed by atoms with Crippen molar-refractivity contribution in [2.75, 3.05) is 13.7 Å². The summed E-state index contributed by atoms with van der Waals surface area (Å²) < 4.78 is 53.8. The predicted octanol–water partition coefficient (Wildman–Crippen LogP) is 4.36. The van der Waals surface area contributed by atoms with Crippen LogP contribution in [0.15, 0.2) is 24.4 Å². The number of alkyl halides is 3. The average molecular weight is 419 g/mol. The van der Waals surface area contributed by atoms with Gasteiger partial charge in [-0.2, -0.15) is 13.2 Å². The zero-order chi connectivity index (χ0) is 21.1. The highest BCUT2D eigenvalue weighted by molar-refractivity contribution is 5.45. The van der Waals surface area contributed by atoms with E-state index in [0.29, 0.717) is 23.7 Å². The summed E-state index contributed by atoms with van der Waals surface area (Å²) in [5.74, 6) is 6.43. The van der Waals surface area contributed by atoms with Crippen molar-refractivity contribution < 1.29 is 22.6 Å². The number of rotatable bonds is 5. The molecule has 2 aliphatic rings. The largest absolute Gasteiger partial charge is 0.416 e. The molecule has 0 N–H and O–H groups in total. The second-order valence-corrected chi connectivity index (χ2v) is 7.81. The second-order valence-electron chi connectivity index (χ2n) is 7.81. The minimum absolute atomic E-state index is 0.00596. The molecule has 160 valence electrons. The van der Waals surface area contributed by atoms with E-state index in [1.54, 1.807) is 10.9 Å². The molecule has 1 aliphatic carbocycles. The van der Waals surface area contributed by atoms with Gasteiger partial charge in [0.2, 0.25) is 0 Å². The van der Waals surface area contributed by atoms with Gasteiger partial charge < -0.3 is 9.47 Å². The number of hydrogen-bond acceptors (Lipinski definition) is 4. The van der Waals surface area contributed by atoms with Gasteiger partial charge in [0.1, 0.15) is 11.8 Å². The summed E-state index contributed by atoms with van der Waals surface area (Å²) in [7, 11) is 1.37. The molecule has 8 heteroatoms. The van der Waals surface area contributed by atoms with Crippen LogP contribution in [0, 0.1) is 17.8 Å². The van der Waals surface area contributed by atoms with E-state index in [2.05, 4.69) is 22.2 Å². The number of aromatic nitrogens is 3. The Hall–Kier alpha value is -2.37. The van der Waals surface area contributed by atoms with Gasteiger partial charge in [0.25, 0.3) is 0 Å². The molecule has 2 heterocycles. The minimum atomic E-state index is -4.51. The zero-order valence-electron chi connectivity index (χ0n) is 16.8. The zero-order valence-corrected chi connectivity index (χ0v) is 16.8. The highest BCUT2D eigenvalue weighted by Crippen LogP contribution is 2.38. The monoisotopic (exact) mass is 419 g/mol. The van der Waals surface area contributed by atoms with E-state index in [1.807, 2.05) is 0 Å². The molecule has 0 bridgehead atoms. The van der Waals surface area contributed by atoms with Crippen molar-refractivity contribution in [1.29, 1.82) is 0 Å². The van der Waals surface area contributed by atoms with Gasteiger partial charge in [-0.05, 0) is 50.3 Å². The topological polar surface area (TPSA) is 49.2 Å². The lowest BCUT2D eigenvalue weighted by Crippen LogP contribution is -2.24. The lowest BCUT2D eigenvalue weighted by atomic mass is 9.97. The minimum Gasteiger partial charge on any atom is -0.376 e. The van der Waals surface area contributed by atoms with Crippen LogP contribution in [-0.4, -0.2) is 34.8 Å². The van der Waals surface area contributed by atoms with Gasteiger partial charge in [0.15, 0.2) is 0 Å². The lowest BCUT2D eigenvalue weighted by Gasteiger charge is -2.22. The molecule has 4 rings (SSSR count). The van der Waals surface area contributed by atoms with E-state index in [0.717, 1.165) is 44.8 Å². The Morgan fingerprint density at radius 1 is 1.27 bits per heavy atom. The fourth-order valence-electron chi connectivity index (χ4n) is 3.62. The fourth-order valence-corrected chi connectivity index (χ4v) is 3.62. The molecule has 1 aromatic heterocycles. The first-order chi connectivity index (χ1) is 14.4. The molecule has 0 radical (unpaired) electrons. The standard InChI is InChI=1S/C22H24F3N3O2/c1-29-21(20-14-28(27-26-20)13-17-4-2-3-11-30-17)18-12-16(8-7-15-5-6-15)9-10-19(18)22(23,24)25/h9-10,12,14-15,17,21H,2-6,11,13H2,1H3. The lowest BCUT2D eigenvalue weighted by molar-refractivity contribution is -0.139. The van der Waals surface area contributed by atoms with Crippen molar-refractivity contribution in [3.8, 4) is 11.8 Å². The number of methoxy groups -OCH3 is 1. The molecule has 1 saturated heterocycles. The third-order valence-corrected chi connectivity index (χ3v) is 5.36. The van der Waals surface area contributed by atoms with Crippen LogP contribution in [0.1, 0.15) is 60.6 Å². The highest BCUT2D eigenvalue weighted by atomic mass is 19.4. The van der Waals surface area contributed by atoms with Gasteiger partial charge in [-0.25, -0.2) is 4.68 Å². The molecule has 5 nitrogen and oxygen atoms in total. The summed E-state index contributed by atoms with van der Waals surface area (Å²) in [6, 6.07) is 3.93. The molecule has 2 unspecified atom stereocenters. The molecule has 1 aliphatic heterocycles. The molecule has 2 aromatic rings. The molecular formula is C22H24F3N3O2.